The predicted molar refractivity (Wildman–Crippen MR) is 65.2 cm³/mol. The summed E-state index contributed by atoms with van der Waals surface area (Å²) in [5.41, 5.74) is 10.4. The lowest BCUT2D eigenvalue weighted by molar-refractivity contribution is -0.135. The Morgan fingerprint density at radius 1 is 1.28 bits per heavy atom. The Morgan fingerprint density at radius 3 is 2.33 bits per heavy atom. The SMILES string of the molecule is CC(NC(=O)C(N)CC(N)=O)C(=O)N1CCCC1. The molecule has 0 aliphatic carbocycles. The molecule has 0 saturated carbocycles. The van der Waals surface area contributed by atoms with E-state index in [-0.39, 0.29) is 12.3 Å². The Balaban J connectivity index is 2.43. The van der Waals surface area contributed by atoms with E-state index in [9.17, 15) is 14.4 Å². The first kappa shape index (κ1) is 14.4. The van der Waals surface area contributed by atoms with E-state index in [1.54, 1.807) is 11.8 Å². The molecule has 0 aromatic heterocycles. The van der Waals surface area contributed by atoms with Crippen LogP contribution in [0.2, 0.25) is 0 Å². The highest BCUT2D eigenvalue weighted by Gasteiger charge is 2.26. The minimum absolute atomic E-state index is 0.118. The molecule has 7 heteroatoms. The Kier molecular flexibility index (Phi) is 5.08. The Hall–Kier alpha value is -1.63. The first-order chi connectivity index (χ1) is 8.41. The topological polar surface area (TPSA) is 119 Å². The quantitative estimate of drug-likeness (QED) is 0.544. The van der Waals surface area contributed by atoms with Crippen LogP contribution >= 0.6 is 0 Å². The van der Waals surface area contributed by atoms with Crippen molar-refractivity contribution in [1.29, 1.82) is 0 Å². The molecule has 1 aliphatic rings. The number of rotatable bonds is 5. The van der Waals surface area contributed by atoms with Crippen molar-refractivity contribution in [2.45, 2.75) is 38.3 Å². The van der Waals surface area contributed by atoms with Crippen LogP contribution in [0.25, 0.3) is 0 Å². The smallest absolute Gasteiger partial charge is 0.244 e. The van der Waals surface area contributed by atoms with Crippen molar-refractivity contribution in [3.63, 3.8) is 0 Å². The lowest BCUT2D eigenvalue weighted by Crippen LogP contribution is -2.51. The molecule has 1 heterocycles. The number of nitrogens with one attached hydrogen (secondary N) is 1. The number of hydrogen-bond donors (Lipinski definition) is 3. The van der Waals surface area contributed by atoms with Crippen LogP contribution in [-0.4, -0.2) is 47.8 Å². The zero-order valence-corrected chi connectivity index (χ0v) is 10.5. The lowest BCUT2D eigenvalue weighted by Gasteiger charge is -2.22. The minimum Gasteiger partial charge on any atom is -0.370 e. The number of likely N-dealkylation sites (tertiary alicyclic amines) is 1. The lowest BCUT2D eigenvalue weighted by atomic mass is 10.2. The third-order valence-electron chi connectivity index (χ3n) is 2.90. The van der Waals surface area contributed by atoms with Gasteiger partial charge in [-0.2, -0.15) is 0 Å². The second-order valence-corrected chi connectivity index (χ2v) is 4.54. The number of carbonyl (C=O) groups is 3. The molecule has 0 aromatic rings. The van der Waals surface area contributed by atoms with E-state index >= 15 is 0 Å². The van der Waals surface area contributed by atoms with Crippen molar-refractivity contribution in [3.8, 4) is 0 Å². The van der Waals surface area contributed by atoms with Crippen LogP contribution in [0.3, 0.4) is 0 Å². The van der Waals surface area contributed by atoms with E-state index in [0.29, 0.717) is 0 Å². The maximum atomic E-state index is 11.9. The van der Waals surface area contributed by atoms with Crippen molar-refractivity contribution in [3.05, 3.63) is 0 Å². The largest absolute Gasteiger partial charge is 0.370 e. The second kappa shape index (κ2) is 6.34. The van der Waals surface area contributed by atoms with Gasteiger partial charge in [0.2, 0.25) is 17.7 Å². The molecule has 1 rings (SSSR count). The van der Waals surface area contributed by atoms with Gasteiger partial charge in [-0.3, -0.25) is 14.4 Å². The van der Waals surface area contributed by atoms with Crippen LogP contribution in [0, 0.1) is 0 Å². The monoisotopic (exact) mass is 256 g/mol. The zero-order valence-electron chi connectivity index (χ0n) is 10.5. The van der Waals surface area contributed by atoms with Gasteiger partial charge in [0, 0.05) is 13.1 Å². The Morgan fingerprint density at radius 2 is 1.83 bits per heavy atom. The molecule has 0 spiro atoms. The normalized spacial score (nSPS) is 18.2. The molecule has 3 amide bonds. The molecule has 1 saturated heterocycles. The molecule has 2 unspecified atom stereocenters. The van der Waals surface area contributed by atoms with E-state index in [0.717, 1.165) is 25.9 Å². The van der Waals surface area contributed by atoms with Crippen LogP contribution in [-0.2, 0) is 14.4 Å². The highest BCUT2D eigenvalue weighted by atomic mass is 16.2. The zero-order chi connectivity index (χ0) is 13.7. The average molecular weight is 256 g/mol. The fourth-order valence-corrected chi connectivity index (χ4v) is 1.90. The number of hydrogen-bond acceptors (Lipinski definition) is 4. The van der Waals surface area contributed by atoms with Crippen LogP contribution in [0.4, 0.5) is 0 Å². The van der Waals surface area contributed by atoms with E-state index in [1.807, 2.05) is 0 Å². The number of primary amides is 1. The molecule has 0 bridgehead atoms. The highest BCUT2D eigenvalue weighted by Crippen LogP contribution is 2.08. The summed E-state index contributed by atoms with van der Waals surface area (Å²) in [5, 5.41) is 2.50. The highest BCUT2D eigenvalue weighted by molar-refractivity contribution is 5.91. The van der Waals surface area contributed by atoms with Gasteiger partial charge in [-0.25, -0.2) is 0 Å². The summed E-state index contributed by atoms with van der Waals surface area (Å²) in [6.07, 6.45) is 1.76. The van der Waals surface area contributed by atoms with Gasteiger partial charge in [0.15, 0.2) is 0 Å². The molecule has 0 aromatic carbocycles. The molecule has 18 heavy (non-hydrogen) atoms. The molecule has 0 radical (unpaired) electrons. The Bertz CT molecular complexity index is 339. The summed E-state index contributed by atoms with van der Waals surface area (Å²) in [4.78, 5) is 35.8. The van der Waals surface area contributed by atoms with Crippen LogP contribution < -0.4 is 16.8 Å². The maximum Gasteiger partial charge on any atom is 0.244 e. The van der Waals surface area contributed by atoms with Gasteiger partial charge in [-0.15, -0.1) is 0 Å². The third kappa shape index (κ3) is 3.99. The third-order valence-corrected chi connectivity index (χ3v) is 2.90. The van der Waals surface area contributed by atoms with Crippen LogP contribution in [0.5, 0.6) is 0 Å². The van der Waals surface area contributed by atoms with Crippen molar-refractivity contribution in [2.75, 3.05) is 13.1 Å². The number of nitrogens with two attached hydrogens (primary N) is 2. The van der Waals surface area contributed by atoms with Gasteiger partial charge in [-0.05, 0) is 19.8 Å². The average Bonchev–Trinajstić information content (AvgIpc) is 2.80. The molecule has 5 N–H and O–H groups in total. The van der Waals surface area contributed by atoms with Crippen molar-refractivity contribution < 1.29 is 14.4 Å². The molecule has 102 valence electrons. The van der Waals surface area contributed by atoms with Crippen molar-refractivity contribution in [2.24, 2.45) is 11.5 Å². The first-order valence-corrected chi connectivity index (χ1v) is 6.05. The summed E-state index contributed by atoms with van der Waals surface area (Å²) in [7, 11) is 0. The van der Waals surface area contributed by atoms with Crippen LogP contribution in [0.15, 0.2) is 0 Å². The summed E-state index contributed by atoms with van der Waals surface area (Å²) < 4.78 is 0. The predicted octanol–water partition coefficient (Wildman–Crippen LogP) is -1.68. The number of nitrogens with zero attached hydrogens (tertiary/aromatic N) is 1. The van der Waals surface area contributed by atoms with E-state index in [2.05, 4.69) is 5.32 Å². The van der Waals surface area contributed by atoms with Gasteiger partial charge >= 0.3 is 0 Å². The molecule has 1 aliphatic heterocycles. The first-order valence-electron chi connectivity index (χ1n) is 6.05. The molecule has 2 atom stereocenters. The van der Waals surface area contributed by atoms with E-state index in [4.69, 9.17) is 11.5 Å². The number of amides is 3. The van der Waals surface area contributed by atoms with Gasteiger partial charge in [0.1, 0.15) is 6.04 Å². The van der Waals surface area contributed by atoms with Crippen LogP contribution in [0.1, 0.15) is 26.2 Å². The molecular formula is C11H20N4O3. The maximum absolute atomic E-state index is 11.9. The standard InChI is InChI=1S/C11H20N4O3/c1-7(11(18)15-4-2-3-5-15)14-10(17)8(12)6-9(13)16/h7-8H,2-6,12H2,1H3,(H2,13,16)(H,14,17). The molecular weight excluding hydrogens is 236 g/mol. The minimum atomic E-state index is -1.00. The summed E-state index contributed by atoms with van der Waals surface area (Å²) in [5.74, 6) is -1.29. The van der Waals surface area contributed by atoms with Gasteiger partial charge < -0.3 is 21.7 Å². The fraction of sp³-hybridized carbons (Fsp3) is 0.727. The number of carbonyl (C=O) groups excluding carboxylic acids is 3. The summed E-state index contributed by atoms with van der Waals surface area (Å²) in [6.45, 7) is 3.06. The second-order valence-electron chi connectivity index (χ2n) is 4.54. The molecule has 1 fully saturated rings. The molecule has 7 nitrogen and oxygen atoms in total. The summed E-state index contributed by atoms with van der Waals surface area (Å²) >= 11 is 0. The van der Waals surface area contributed by atoms with Crippen molar-refractivity contribution in [1.82, 2.24) is 10.2 Å². The summed E-state index contributed by atoms with van der Waals surface area (Å²) in [6, 6.07) is -1.63. The fourth-order valence-electron chi connectivity index (χ4n) is 1.90. The Labute approximate surface area is 106 Å². The van der Waals surface area contributed by atoms with Gasteiger partial charge in [0.05, 0.1) is 12.5 Å². The van der Waals surface area contributed by atoms with Crippen molar-refractivity contribution >= 4 is 17.7 Å². The van der Waals surface area contributed by atoms with E-state index < -0.39 is 23.9 Å². The van der Waals surface area contributed by atoms with Gasteiger partial charge in [-0.1, -0.05) is 0 Å². The van der Waals surface area contributed by atoms with Gasteiger partial charge in [0.25, 0.3) is 0 Å². The van der Waals surface area contributed by atoms with E-state index in [1.165, 1.54) is 0 Å².